The number of rotatable bonds is 12. The Hall–Kier alpha value is -3.36. The van der Waals surface area contributed by atoms with Crippen molar-refractivity contribution < 1.29 is 27.7 Å². The van der Waals surface area contributed by atoms with Gasteiger partial charge in [0.2, 0.25) is 21.8 Å². The predicted molar refractivity (Wildman–Crippen MR) is 178 cm³/mol. The maximum absolute atomic E-state index is 14.2. The van der Waals surface area contributed by atoms with Crippen LogP contribution >= 0.6 is 12.4 Å². The highest BCUT2D eigenvalue weighted by molar-refractivity contribution is 7.98. The van der Waals surface area contributed by atoms with Crippen molar-refractivity contribution in [3.63, 3.8) is 0 Å². The average Bonchev–Trinajstić information content (AvgIpc) is 3.16. The van der Waals surface area contributed by atoms with Gasteiger partial charge in [0.05, 0.1) is 34.1 Å². The molecule has 252 valence electrons. The number of benzene rings is 2. The minimum Gasteiger partial charge on any atom is -0.374 e. The van der Waals surface area contributed by atoms with Crippen LogP contribution in [0.25, 0.3) is 4.91 Å². The number of likely N-dealkylation sites (N-methyl/N-ethyl adjacent to an activating group) is 2. The number of nitro groups is 1. The number of non-ortho nitro benzene ring substituents is 1. The quantitative estimate of drug-likeness (QED) is 0.251. The van der Waals surface area contributed by atoms with Gasteiger partial charge in [-0.15, -0.1) is 12.4 Å². The zero-order valence-corrected chi connectivity index (χ0v) is 28.4. The first kappa shape index (κ1) is 37.1. The molecule has 0 radical (unpaired) electrons. The van der Waals surface area contributed by atoms with Gasteiger partial charge in [0.1, 0.15) is 6.04 Å². The molecule has 2 aliphatic rings. The van der Waals surface area contributed by atoms with Gasteiger partial charge in [-0.3, -0.25) is 19.7 Å². The summed E-state index contributed by atoms with van der Waals surface area (Å²) in [6.45, 7) is 5.19. The van der Waals surface area contributed by atoms with Crippen molar-refractivity contribution in [1.29, 1.82) is 0 Å². The zero-order chi connectivity index (χ0) is 33.0. The van der Waals surface area contributed by atoms with Crippen LogP contribution in [-0.4, -0.2) is 78.2 Å². The Morgan fingerprint density at radius 2 is 1.72 bits per heavy atom. The van der Waals surface area contributed by atoms with Crippen LogP contribution in [0.2, 0.25) is 0 Å². The largest absolute Gasteiger partial charge is 0.374 e. The Morgan fingerprint density at radius 3 is 2.26 bits per heavy atom. The molecule has 0 unspecified atom stereocenters. The summed E-state index contributed by atoms with van der Waals surface area (Å²) in [6.07, 6.45) is 3.76. The number of hydrogen-bond acceptors (Lipinski definition) is 8. The second-order valence-electron chi connectivity index (χ2n) is 12.3. The van der Waals surface area contributed by atoms with Gasteiger partial charge in [0.15, 0.2) is 0 Å². The van der Waals surface area contributed by atoms with Crippen molar-refractivity contribution in [2.75, 3.05) is 26.7 Å². The van der Waals surface area contributed by atoms with Gasteiger partial charge < -0.3 is 20.7 Å². The number of carbonyl (C=O) groups excluding carboxylic acids is 2. The number of nitrogens with two attached hydrogens (primary N) is 1. The molecule has 1 fully saturated rings. The molecule has 1 aliphatic carbocycles. The first-order valence-corrected chi connectivity index (χ1v) is 16.6. The lowest BCUT2D eigenvalue weighted by Gasteiger charge is -2.42. The number of nitro benzene ring substituents is 1. The minimum absolute atomic E-state index is 0. The fourth-order valence-electron chi connectivity index (χ4n) is 6.10. The Kier molecular flexibility index (Phi) is 12.1. The fourth-order valence-corrected chi connectivity index (χ4v) is 8.13. The number of hydrogen-bond donors (Lipinski definition) is 2. The summed E-state index contributed by atoms with van der Waals surface area (Å²) in [6, 6.07) is 13.8. The van der Waals surface area contributed by atoms with Crippen LogP contribution in [0.15, 0.2) is 60.2 Å². The van der Waals surface area contributed by atoms with E-state index < -0.39 is 43.9 Å². The number of amides is 2. The molecule has 2 amide bonds. The monoisotopic (exact) mass is 677 g/mol. The van der Waals surface area contributed by atoms with Gasteiger partial charge in [-0.2, -0.15) is 4.31 Å². The lowest BCUT2D eigenvalue weighted by molar-refractivity contribution is -0.384. The Labute approximate surface area is 276 Å². The van der Waals surface area contributed by atoms with Crippen LogP contribution in [0.5, 0.6) is 0 Å². The molecule has 1 aliphatic heterocycles. The van der Waals surface area contributed by atoms with E-state index in [1.807, 2.05) is 30.3 Å². The molecule has 12 nitrogen and oxygen atoms in total. The highest BCUT2D eigenvalue weighted by Crippen LogP contribution is 2.51. The van der Waals surface area contributed by atoms with E-state index in [0.717, 1.165) is 24.8 Å². The van der Waals surface area contributed by atoms with Crippen molar-refractivity contribution in [2.45, 2.75) is 76.6 Å². The van der Waals surface area contributed by atoms with E-state index in [2.05, 4.69) is 5.32 Å². The van der Waals surface area contributed by atoms with Gasteiger partial charge in [-0.1, -0.05) is 49.6 Å². The molecule has 1 atom stereocenters. The van der Waals surface area contributed by atoms with Crippen LogP contribution in [0.1, 0.15) is 64.0 Å². The van der Waals surface area contributed by atoms with E-state index in [0.29, 0.717) is 24.0 Å². The Bertz CT molecular complexity index is 1540. The molecule has 1 saturated carbocycles. The SMILES string of the molecule is CCN(CC1=C(c2ccc([N+](=O)[O-])cc2)S(=O)(=O)N(C)C12CCCCC2)C(=O)[C@@H](COCc1ccccc1)NC(=O)C(C)(C)N.Cl. The summed E-state index contributed by atoms with van der Waals surface area (Å²) in [4.78, 5) is 39.5. The average molecular weight is 678 g/mol. The lowest BCUT2D eigenvalue weighted by Crippen LogP contribution is -2.58. The molecule has 3 N–H and O–H groups in total. The second-order valence-corrected chi connectivity index (χ2v) is 14.2. The Morgan fingerprint density at radius 1 is 1.11 bits per heavy atom. The molecule has 1 spiro atoms. The first-order chi connectivity index (χ1) is 21.2. The second kappa shape index (κ2) is 15.0. The van der Waals surface area contributed by atoms with E-state index in [-0.39, 0.29) is 49.3 Å². The maximum atomic E-state index is 14.2. The molecular weight excluding hydrogens is 634 g/mol. The van der Waals surface area contributed by atoms with E-state index in [9.17, 15) is 28.1 Å². The number of ether oxygens (including phenoxy) is 1. The smallest absolute Gasteiger partial charge is 0.269 e. The van der Waals surface area contributed by atoms with Crippen LogP contribution in [0, 0.1) is 10.1 Å². The van der Waals surface area contributed by atoms with Gasteiger partial charge in [-0.05, 0) is 62.4 Å². The molecule has 0 bridgehead atoms. The highest BCUT2D eigenvalue weighted by Gasteiger charge is 2.54. The normalized spacial score (nSPS) is 18.1. The van der Waals surface area contributed by atoms with E-state index in [1.165, 1.54) is 33.5 Å². The van der Waals surface area contributed by atoms with E-state index in [4.69, 9.17) is 10.5 Å². The lowest BCUT2D eigenvalue weighted by atomic mass is 9.75. The summed E-state index contributed by atoms with van der Waals surface area (Å²) in [5.41, 5.74) is 5.59. The summed E-state index contributed by atoms with van der Waals surface area (Å²) in [5, 5.41) is 14.1. The molecule has 2 aromatic rings. The third kappa shape index (κ3) is 7.77. The zero-order valence-electron chi connectivity index (χ0n) is 26.7. The van der Waals surface area contributed by atoms with Crippen molar-refractivity contribution in [3.8, 4) is 0 Å². The number of halogens is 1. The molecule has 0 saturated heterocycles. The van der Waals surface area contributed by atoms with E-state index >= 15 is 0 Å². The molecule has 4 rings (SSSR count). The molecule has 1 heterocycles. The molecular formula is C32H44ClN5O7S. The van der Waals surface area contributed by atoms with Crippen molar-refractivity contribution in [1.82, 2.24) is 14.5 Å². The van der Waals surface area contributed by atoms with Gasteiger partial charge in [0, 0.05) is 32.3 Å². The molecule has 46 heavy (non-hydrogen) atoms. The minimum atomic E-state index is -4.00. The first-order valence-electron chi connectivity index (χ1n) is 15.2. The van der Waals surface area contributed by atoms with Gasteiger partial charge >= 0.3 is 0 Å². The summed E-state index contributed by atoms with van der Waals surface area (Å²) in [5.74, 6) is -0.963. The van der Waals surface area contributed by atoms with Crippen molar-refractivity contribution >= 4 is 44.8 Å². The standard InChI is InChI=1S/C32H43N5O7S.ClH/c1-5-36(29(38)27(34-30(39)31(2,3)33)22-44-21-23-12-8-6-9-13-23)20-26-28(24-14-16-25(17-15-24)37(40)41)45(42,43)35(4)32(26)18-10-7-11-19-32;/h6,8-9,12-17,27H,5,7,10-11,18-22,33H2,1-4H3,(H,34,39);1H/t27-;/m1./s1. The predicted octanol–water partition coefficient (Wildman–Crippen LogP) is 3.99. The number of nitrogens with zero attached hydrogens (tertiary/aromatic N) is 3. The van der Waals surface area contributed by atoms with Gasteiger partial charge in [-0.25, -0.2) is 8.42 Å². The van der Waals surface area contributed by atoms with E-state index in [1.54, 1.807) is 27.8 Å². The number of carbonyl (C=O) groups is 2. The highest BCUT2D eigenvalue weighted by atomic mass is 35.5. The fraction of sp³-hybridized carbons (Fsp3) is 0.500. The topological polar surface area (TPSA) is 165 Å². The van der Waals surface area contributed by atoms with Crippen molar-refractivity contribution in [3.05, 3.63) is 81.4 Å². The summed E-state index contributed by atoms with van der Waals surface area (Å²) < 4.78 is 35.4. The van der Waals surface area contributed by atoms with Gasteiger partial charge in [0.25, 0.3) is 5.69 Å². The number of sulfonamides is 1. The van der Waals surface area contributed by atoms with Crippen LogP contribution in [0.4, 0.5) is 5.69 Å². The Balaban J connectivity index is 0.00000576. The summed E-state index contributed by atoms with van der Waals surface area (Å²) in [7, 11) is -2.43. The van der Waals surface area contributed by atoms with Crippen LogP contribution in [-0.2, 0) is 31.0 Å². The molecule has 0 aromatic heterocycles. The van der Waals surface area contributed by atoms with Crippen molar-refractivity contribution in [2.24, 2.45) is 5.73 Å². The molecule has 14 heteroatoms. The maximum Gasteiger partial charge on any atom is 0.269 e. The van der Waals surface area contributed by atoms with Crippen LogP contribution in [0.3, 0.4) is 0 Å². The number of nitrogens with one attached hydrogen (secondary N) is 1. The van der Waals surface area contributed by atoms with Crippen LogP contribution < -0.4 is 11.1 Å². The molecule has 2 aromatic carbocycles. The summed E-state index contributed by atoms with van der Waals surface area (Å²) >= 11 is 0. The third-order valence-electron chi connectivity index (χ3n) is 8.71. The third-order valence-corrected chi connectivity index (χ3v) is 10.8.